The van der Waals surface area contributed by atoms with Crippen LogP contribution in [0.1, 0.15) is 83.3 Å². The smallest absolute Gasteiger partial charge is 0.318 e. The van der Waals surface area contributed by atoms with Crippen LogP contribution in [0.25, 0.3) is 0 Å². The lowest BCUT2D eigenvalue weighted by Gasteiger charge is -2.29. The SMILES string of the molecule is CC1CCC(Nc2ccc(C(C)(C(=O)O)c3ccc(NC4CCC(C)CC4)cc3)cc2)CC1. The van der Waals surface area contributed by atoms with E-state index in [1.54, 1.807) is 0 Å². The van der Waals surface area contributed by atoms with E-state index in [4.69, 9.17) is 0 Å². The minimum Gasteiger partial charge on any atom is -0.480 e. The summed E-state index contributed by atoms with van der Waals surface area (Å²) in [5, 5.41) is 17.5. The predicted molar refractivity (Wildman–Crippen MR) is 137 cm³/mol. The van der Waals surface area contributed by atoms with Crippen molar-refractivity contribution in [1.29, 1.82) is 0 Å². The first-order valence-corrected chi connectivity index (χ1v) is 12.8. The van der Waals surface area contributed by atoms with Gasteiger partial charge in [-0.3, -0.25) is 4.79 Å². The number of nitrogens with one attached hydrogen (secondary N) is 2. The Bertz CT molecular complexity index is 838. The number of hydrogen-bond acceptors (Lipinski definition) is 3. The average Bonchev–Trinajstić information content (AvgIpc) is 2.82. The van der Waals surface area contributed by atoms with E-state index in [2.05, 4.69) is 24.5 Å². The Kier molecular flexibility index (Phi) is 7.31. The molecule has 4 rings (SSSR count). The van der Waals surface area contributed by atoms with Crippen molar-refractivity contribution in [2.24, 2.45) is 11.8 Å². The summed E-state index contributed by atoms with van der Waals surface area (Å²) in [6, 6.07) is 17.1. The standard InChI is InChI=1S/C29H40N2O2/c1-20-4-12-24(13-5-20)30-26-16-8-22(9-17-26)29(3,28(32)33)23-10-18-27(19-11-23)31-25-14-6-21(2)7-15-25/h8-11,16-21,24-25,30-31H,4-7,12-15H2,1-3H3,(H,32,33). The second kappa shape index (κ2) is 10.2. The third-order valence-electron chi connectivity index (χ3n) is 8.13. The molecule has 0 saturated heterocycles. The largest absolute Gasteiger partial charge is 0.480 e. The highest BCUT2D eigenvalue weighted by molar-refractivity contribution is 5.85. The van der Waals surface area contributed by atoms with Gasteiger partial charge in [-0.05, 0) is 106 Å². The minimum absolute atomic E-state index is 0.519. The van der Waals surface area contributed by atoms with Crippen molar-refractivity contribution < 1.29 is 9.90 Å². The molecular formula is C29H40N2O2. The fourth-order valence-electron chi connectivity index (χ4n) is 5.49. The van der Waals surface area contributed by atoms with Crippen molar-refractivity contribution in [1.82, 2.24) is 0 Å². The molecule has 0 bridgehead atoms. The molecule has 0 aliphatic heterocycles. The first kappa shape index (κ1) is 23.7. The van der Waals surface area contributed by atoms with Gasteiger partial charge in [-0.25, -0.2) is 0 Å². The Morgan fingerprint density at radius 1 is 0.697 bits per heavy atom. The maximum atomic E-state index is 12.5. The fraction of sp³-hybridized carbons (Fsp3) is 0.552. The Morgan fingerprint density at radius 2 is 1.03 bits per heavy atom. The van der Waals surface area contributed by atoms with Crippen LogP contribution >= 0.6 is 0 Å². The van der Waals surface area contributed by atoms with Gasteiger partial charge in [-0.15, -0.1) is 0 Å². The lowest BCUT2D eigenvalue weighted by molar-refractivity contribution is -0.141. The number of hydrogen-bond donors (Lipinski definition) is 3. The van der Waals surface area contributed by atoms with Gasteiger partial charge in [0.1, 0.15) is 5.41 Å². The van der Waals surface area contributed by atoms with Gasteiger partial charge in [0.2, 0.25) is 0 Å². The molecule has 2 aromatic rings. The number of carboxylic acids is 1. The number of anilines is 2. The molecule has 2 aliphatic carbocycles. The van der Waals surface area contributed by atoms with Crippen LogP contribution in [0.2, 0.25) is 0 Å². The first-order chi connectivity index (χ1) is 15.8. The van der Waals surface area contributed by atoms with Crippen LogP contribution in [-0.2, 0) is 10.2 Å². The van der Waals surface area contributed by atoms with Gasteiger partial charge in [-0.1, -0.05) is 38.1 Å². The summed E-state index contributed by atoms with van der Waals surface area (Å²) >= 11 is 0. The highest BCUT2D eigenvalue weighted by atomic mass is 16.4. The van der Waals surface area contributed by atoms with Gasteiger partial charge in [0.25, 0.3) is 0 Å². The summed E-state index contributed by atoms with van der Waals surface area (Å²) in [6.07, 6.45) is 9.92. The van der Waals surface area contributed by atoms with Gasteiger partial charge < -0.3 is 15.7 Å². The molecule has 0 spiro atoms. The molecular weight excluding hydrogens is 408 g/mol. The predicted octanol–water partition coefficient (Wildman–Crippen LogP) is 7.06. The van der Waals surface area contributed by atoms with Crippen molar-refractivity contribution >= 4 is 17.3 Å². The lowest BCUT2D eigenvalue weighted by Crippen LogP contribution is -2.33. The zero-order valence-electron chi connectivity index (χ0n) is 20.4. The molecule has 2 aliphatic rings. The van der Waals surface area contributed by atoms with Gasteiger partial charge in [0.05, 0.1) is 0 Å². The molecule has 2 saturated carbocycles. The number of benzene rings is 2. The zero-order valence-corrected chi connectivity index (χ0v) is 20.4. The Balaban J connectivity index is 1.45. The molecule has 0 atom stereocenters. The second-order valence-electron chi connectivity index (χ2n) is 10.8. The van der Waals surface area contributed by atoms with E-state index in [1.165, 1.54) is 51.4 Å². The van der Waals surface area contributed by atoms with Crippen LogP contribution in [0.3, 0.4) is 0 Å². The molecule has 4 nitrogen and oxygen atoms in total. The summed E-state index contributed by atoms with van der Waals surface area (Å²) < 4.78 is 0. The van der Waals surface area contributed by atoms with E-state index >= 15 is 0 Å². The summed E-state index contributed by atoms with van der Waals surface area (Å²) in [5.41, 5.74) is 2.68. The van der Waals surface area contributed by atoms with E-state index in [1.807, 2.05) is 55.5 Å². The highest BCUT2D eigenvalue weighted by Gasteiger charge is 2.37. The van der Waals surface area contributed by atoms with E-state index in [9.17, 15) is 9.90 Å². The summed E-state index contributed by atoms with van der Waals surface area (Å²) in [4.78, 5) is 12.5. The average molecular weight is 449 g/mol. The van der Waals surface area contributed by atoms with E-state index in [0.717, 1.165) is 34.3 Å². The summed E-state index contributed by atoms with van der Waals surface area (Å²) in [7, 11) is 0. The van der Waals surface area contributed by atoms with Crippen LogP contribution in [0, 0.1) is 11.8 Å². The maximum absolute atomic E-state index is 12.5. The molecule has 33 heavy (non-hydrogen) atoms. The van der Waals surface area contributed by atoms with Gasteiger partial charge in [0.15, 0.2) is 0 Å². The molecule has 2 aromatic carbocycles. The quantitative estimate of drug-likeness (QED) is 0.424. The van der Waals surface area contributed by atoms with Gasteiger partial charge in [-0.2, -0.15) is 0 Å². The second-order valence-corrected chi connectivity index (χ2v) is 10.8. The Labute approximate surface area is 199 Å². The lowest BCUT2D eigenvalue weighted by atomic mass is 9.76. The normalized spacial score (nSPS) is 27.4. The van der Waals surface area contributed by atoms with Crippen LogP contribution in [0.4, 0.5) is 11.4 Å². The van der Waals surface area contributed by atoms with Gasteiger partial charge in [0, 0.05) is 23.5 Å². The molecule has 0 unspecified atom stereocenters. The minimum atomic E-state index is -1.09. The number of carboxylic acid groups (broad SMARTS) is 1. The Morgan fingerprint density at radius 3 is 1.33 bits per heavy atom. The first-order valence-electron chi connectivity index (χ1n) is 12.8. The molecule has 0 radical (unpaired) electrons. The summed E-state index contributed by atoms with van der Waals surface area (Å²) in [5.74, 6) is 0.829. The molecule has 2 fully saturated rings. The van der Waals surface area contributed by atoms with Crippen LogP contribution < -0.4 is 10.6 Å². The monoisotopic (exact) mass is 448 g/mol. The number of aliphatic carboxylic acids is 1. The zero-order chi connectivity index (χ0) is 23.4. The summed E-state index contributed by atoms with van der Waals surface area (Å²) in [6.45, 7) is 6.47. The molecule has 0 amide bonds. The van der Waals surface area contributed by atoms with E-state index in [-0.39, 0.29) is 0 Å². The van der Waals surface area contributed by atoms with E-state index in [0.29, 0.717) is 12.1 Å². The molecule has 4 heteroatoms. The van der Waals surface area contributed by atoms with Crippen molar-refractivity contribution in [3.05, 3.63) is 59.7 Å². The van der Waals surface area contributed by atoms with E-state index < -0.39 is 11.4 Å². The number of carbonyl (C=O) groups is 1. The van der Waals surface area contributed by atoms with Crippen molar-refractivity contribution in [3.8, 4) is 0 Å². The molecule has 0 heterocycles. The third kappa shape index (κ3) is 5.54. The highest BCUT2D eigenvalue weighted by Crippen LogP contribution is 2.35. The van der Waals surface area contributed by atoms with Crippen LogP contribution in [0.5, 0.6) is 0 Å². The van der Waals surface area contributed by atoms with Gasteiger partial charge >= 0.3 is 5.97 Å². The third-order valence-corrected chi connectivity index (χ3v) is 8.13. The molecule has 3 N–H and O–H groups in total. The maximum Gasteiger partial charge on any atom is 0.318 e. The van der Waals surface area contributed by atoms with Crippen molar-refractivity contribution in [2.75, 3.05) is 10.6 Å². The van der Waals surface area contributed by atoms with Crippen molar-refractivity contribution in [3.63, 3.8) is 0 Å². The topological polar surface area (TPSA) is 61.4 Å². The van der Waals surface area contributed by atoms with Crippen molar-refractivity contribution in [2.45, 2.75) is 89.6 Å². The van der Waals surface area contributed by atoms with Crippen LogP contribution in [0.15, 0.2) is 48.5 Å². The molecule has 178 valence electrons. The number of rotatable bonds is 7. The fourth-order valence-corrected chi connectivity index (χ4v) is 5.49. The Hall–Kier alpha value is -2.49. The molecule has 0 aromatic heterocycles. The van der Waals surface area contributed by atoms with Crippen LogP contribution in [-0.4, -0.2) is 23.2 Å².